The molecule has 0 spiro atoms. The number of hydrogen-bond acceptors (Lipinski definition) is 3. The maximum absolute atomic E-state index is 12.9. The highest BCUT2D eigenvalue weighted by Gasteiger charge is 2.40. The quantitative estimate of drug-likeness (QED) is 0.684. The average molecular weight is 420 g/mol. The van der Waals surface area contributed by atoms with Crippen molar-refractivity contribution in [2.45, 2.75) is 76.8 Å². The highest BCUT2D eigenvalue weighted by atomic mass is 35.5. The molecule has 0 radical (unpaired) electrons. The van der Waals surface area contributed by atoms with Gasteiger partial charge in [-0.1, -0.05) is 19.3 Å². The number of nitrogens with two attached hydrogens (primary N) is 1. The van der Waals surface area contributed by atoms with Crippen molar-refractivity contribution in [2.24, 2.45) is 23.5 Å². The summed E-state index contributed by atoms with van der Waals surface area (Å²) in [5, 5.41) is 6.23. The number of carbonyl (C=O) groups is 2. The molecule has 0 heterocycles. The standard InChI is InChI=1S/C23H33N3O2.ClH/c1-14-11-17(22(27)25-19-7-2-3-8-19)9-10-20(14)26-23(28)18-12-15-5-4-6-16(13-18)21(15)24;/h9-11,15-16,18-19,21H,2-8,12-13,24H2,1H3,(H,25,27)(H,26,28);1H. The Morgan fingerprint density at radius 3 is 2.28 bits per heavy atom. The van der Waals surface area contributed by atoms with Gasteiger partial charge in [0, 0.05) is 29.3 Å². The highest BCUT2D eigenvalue weighted by Crippen LogP contribution is 2.42. The number of hydrogen-bond donors (Lipinski definition) is 3. The van der Waals surface area contributed by atoms with Crippen molar-refractivity contribution >= 4 is 29.9 Å². The molecule has 0 saturated heterocycles. The number of anilines is 1. The first-order chi connectivity index (χ1) is 13.5. The van der Waals surface area contributed by atoms with Crippen LogP contribution in [-0.2, 0) is 4.79 Å². The van der Waals surface area contributed by atoms with E-state index in [4.69, 9.17) is 5.73 Å². The highest BCUT2D eigenvalue weighted by molar-refractivity contribution is 5.97. The van der Waals surface area contributed by atoms with E-state index in [1.165, 1.54) is 19.3 Å². The molecule has 5 nitrogen and oxygen atoms in total. The lowest BCUT2D eigenvalue weighted by molar-refractivity contribution is -0.122. The Labute approximate surface area is 180 Å². The van der Waals surface area contributed by atoms with Crippen LogP contribution in [0.2, 0.25) is 0 Å². The van der Waals surface area contributed by atoms with Crippen LogP contribution in [0.15, 0.2) is 18.2 Å². The molecule has 3 aliphatic carbocycles. The number of benzene rings is 1. The SMILES string of the molecule is Cc1cc(C(=O)NC2CCCC2)ccc1NC(=O)C1CC2CCCC(C1)C2N.Cl. The lowest BCUT2D eigenvalue weighted by atomic mass is 9.65. The Balaban J connectivity index is 0.00000240. The summed E-state index contributed by atoms with van der Waals surface area (Å²) in [6.45, 7) is 1.95. The van der Waals surface area contributed by atoms with Gasteiger partial charge < -0.3 is 16.4 Å². The van der Waals surface area contributed by atoms with E-state index in [2.05, 4.69) is 10.6 Å². The molecule has 160 valence electrons. The third-order valence-corrected chi connectivity index (χ3v) is 7.22. The molecular weight excluding hydrogens is 386 g/mol. The lowest BCUT2D eigenvalue weighted by Gasteiger charge is -2.43. The number of amides is 2. The van der Waals surface area contributed by atoms with Crippen LogP contribution in [0.1, 0.15) is 73.7 Å². The van der Waals surface area contributed by atoms with Crippen LogP contribution in [0.25, 0.3) is 0 Å². The summed E-state index contributed by atoms with van der Waals surface area (Å²) in [6.07, 6.45) is 9.93. The van der Waals surface area contributed by atoms with Crippen molar-refractivity contribution in [3.63, 3.8) is 0 Å². The Hall–Kier alpha value is -1.59. The smallest absolute Gasteiger partial charge is 0.251 e. The van der Waals surface area contributed by atoms with Crippen LogP contribution in [0, 0.1) is 24.7 Å². The second kappa shape index (κ2) is 9.48. The minimum atomic E-state index is -0.0121. The zero-order valence-electron chi connectivity index (χ0n) is 17.3. The predicted molar refractivity (Wildman–Crippen MR) is 118 cm³/mol. The number of carbonyl (C=O) groups excluding carboxylic acids is 2. The summed E-state index contributed by atoms with van der Waals surface area (Å²) in [4.78, 5) is 25.3. The minimum absolute atomic E-state index is 0. The summed E-state index contributed by atoms with van der Waals surface area (Å²) in [5.74, 6) is 1.13. The van der Waals surface area contributed by atoms with Gasteiger partial charge in [-0.25, -0.2) is 0 Å². The molecule has 4 N–H and O–H groups in total. The Kier molecular flexibility index (Phi) is 7.23. The van der Waals surface area contributed by atoms with Gasteiger partial charge in [0.2, 0.25) is 5.91 Å². The summed E-state index contributed by atoms with van der Waals surface area (Å²) in [7, 11) is 0. The summed E-state index contributed by atoms with van der Waals surface area (Å²) < 4.78 is 0. The monoisotopic (exact) mass is 419 g/mol. The second-order valence-corrected chi connectivity index (χ2v) is 9.17. The van der Waals surface area contributed by atoms with Crippen molar-refractivity contribution < 1.29 is 9.59 Å². The first kappa shape index (κ1) is 22.1. The van der Waals surface area contributed by atoms with Crippen LogP contribution >= 0.6 is 12.4 Å². The van der Waals surface area contributed by atoms with Gasteiger partial charge in [0.1, 0.15) is 0 Å². The molecule has 2 bridgehead atoms. The van der Waals surface area contributed by atoms with E-state index in [1.54, 1.807) is 0 Å². The first-order valence-electron chi connectivity index (χ1n) is 11.0. The normalized spacial score (nSPS) is 29.0. The van der Waals surface area contributed by atoms with Crippen LogP contribution in [0.5, 0.6) is 0 Å². The number of nitrogens with one attached hydrogen (secondary N) is 2. The van der Waals surface area contributed by atoms with E-state index in [0.29, 0.717) is 23.4 Å². The maximum Gasteiger partial charge on any atom is 0.251 e. The fourth-order valence-corrected chi connectivity index (χ4v) is 5.52. The number of fused-ring (bicyclic) bond motifs is 2. The predicted octanol–water partition coefficient (Wildman–Crippen LogP) is 4.18. The molecule has 3 fully saturated rings. The fraction of sp³-hybridized carbons (Fsp3) is 0.652. The summed E-state index contributed by atoms with van der Waals surface area (Å²) in [5.41, 5.74) is 8.76. The largest absolute Gasteiger partial charge is 0.349 e. The summed E-state index contributed by atoms with van der Waals surface area (Å²) >= 11 is 0. The van der Waals surface area contributed by atoms with Gasteiger partial charge in [-0.05, 0) is 81.0 Å². The van der Waals surface area contributed by atoms with Gasteiger partial charge in [-0.3, -0.25) is 9.59 Å². The third-order valence-electron chi connectivity index (χ3n) is 7.22. The van der Waals surface area contributed by atoms with E-state index in [1.807, 2.05) is 25.1 Å². The topological polar surface area (TPSA) is 84.2 Å². The molecule has 2 unspecified atom stereocenters. The van der Waals surface area contributed by atoms with Gasteiger partial charge in [0.15, 0.2) is 0 Å². The number of aryl methyl sites for hydroxylation is 1. The van der Waals surface area contributed by atoms with E-state index in [0.717, 1.165) is 49.8 Å². The minimum Gasteiger partial charge on any atom is -0.349 e. The molecule has 2 amide bonds. The van der Waals surface area contributed by atoms with E-state index in [-0.39, 0.29) is 36.2 Å². The maximum atomic E-state index is 12.9. The van der Waals surface area contributed by atoms with Crippen LogP contribution in [-0.4, -0.2) is 23.9 Å². The van der Waals surface area contributed by atoms with Gasteiger partial charge in [-0.2, -0.15) is 0 Å². The van der Waals surface area contributed by atoms with E-state index < -0.39 is 0 Å². The molecular formula is C23H34ClN3O2. The number of rotatable bonds is 4. The molecule has 3 aliphatic rings. The second-order valence-electron chi connectivity index (χ2n) is 9.17. The zero-order chi connectivity index (χ0) is 19.7. The van der Waals surface area contributed by atoms with Gasteiger partial charge in [0.25, 0.3) is 5.91 Å². The van der Waals surface area contributed by atoms with Gasteiger partial charge in [-0.15, -0.1) is 12.4 Å². The molecule has 3 saturated carbocycles. The molecule has 1 aromatic carbocycles. The van der Waals surface area contributed by atoms with Crippen molar-refractivity contribution in [3.8, 4) is 0 Å². The molecule has 0 aliphatic heterocycles. The van der Waals surface area contributed by atoms with E-state index >= 15 is 0 Å². The van der Waals surface area contributed by atoms with Crippen molar-refractivity contribution in [1.82, 2.24) is 5.32 Å². The molecule has 0 aromatic heterocycles. The Morgan fingerprint density at radius 1 is 1.00 bits per heavy atom. The first-order valence-corrected chi connectivity index (χ1v) is 11.0. The third kappa shape index (κ3) is 4.95. The van der Waals surface area contributed by atoms with Crippen molar-refractivity contribution in [2.75, 3.05) is 5.32 Å². The molecule has 2 atom stereocenters. The fourth-order valence-electron chi connectivity index (χ4n) is 5.52. The Morgan fingerprint density at radius 2 is 1.66 bits per heavy atom. The van der Waals surface area contributed by atoms with Gasteiger partial charge in [0.05, 0.1) is 0 Å². The molecule has 29 heavy (non-hydrogen) atoms. The van der Waals surface area contributed by atoms with E-state index in [9.17, 15) is 9.59 Å². The van der Waals surface area contributed by atoms with Crippen LogP contribution in [0.4, 0.5) is 5.69 Å². The van der Waals surface area contributed by atoms with Crippen molar-refractivity contribution in [1.29, 1.82) is 0 Å². The van der Waals surface area contributed by atoms with Crippen molar-refractivity contribution in [3.05, 3.63) is 29.3 Å². The van der Waals surface area contributed by atoms with Crippen LogP contribution in [0.3, 0.4) is 0 Å². The summed E-state index contributed by atoms with van der Waals surface area (Å²) in [6, 6.07) is 6.15. The lowest BCUT2D eigenvalue weighted by Crippen LogP contribution is -2.48. The number of halogens is 1. The molecule has 1 aromatic rings. The molecule has 6 heteroatoms. The average Bonchev–Trinajstić information content (AvgIpc) is 3.16. The Bertz CT molecular complexity index is 734. The van der Waals surface area contributed by atoms with Crippen LogP contribution < -0.4 is 16.4 Å². The molecule has 4 rings (SSSR count). The van der Waals surface area contributed by atoms with Gasteiger partial charge >= 0.3 is 0 Å². The zero-order valence-corrected chi connectivity index (χ0v) is 18.1.